The van der Waals surface area contributed by atoms with Crippen LogP contribution in [0.15, 0.2) is 4.79 Å². The number of aromatic nitrogens is 2. The summed E-state index contributed by atoms with van der Waals surface area (Å²) in [5.74, 6) is 0. The Morgan fingerprint density at radius 1 is 1.22 bits per heavy atom. The SMILES string of the molecule is CC(C)N1CCN(CCCc2n[nH]c(=O)c3c2NCCC3)CC1. The van der Waals surface area contributed by atoms with Crippen LogP contribution in [0.4, 0.5) is 5.69 Å². The Hall–Kier alpha value is -1.40. The fraction of sp³-hybridized carbons (Fsp3) is 0.765. The van der Waals surface area contributed by atoms with Crippen LogP contribution in [-0.4, -0.2) is 65.3 Å². The van der Waals surface area contributed by atoms with Gasteiger partial charge in [0.05, 0.1) is 11.4 Å². The van der Waals surface area contributed by atoms with Gasteiger partial charge < -0.3 is 10.2 Å². The smallest absolute Gasteiger partial charge is 0.269 e. The molecule has 0 atom stereocenters. The van der Waals surface area contributed by atoms with Crippen molar-refractivity contribution < 1.29 is 0 Å². The van der Waals surface area contributed by atoms with Gasteiger partial charge in [-0.2, -0.15) is 5.10 Å². The normalized spacial score (nSPS) is 19.6. The molecule has 0 unspecified atom stereocenters. The van der Waals surface area contributed by atoms with Crippen LogP contribution in [0.1, 0.15) is 37.9 Å². The van der Waals surface area contributed by atoms with Crippen LogP contribution in [0, 0.1) is 0 Å². The van der Waals surface area contributed by atoms with Crippen LogP contribution in [0.25, 0.3) is 0 Å². The van der Waals surface area contributed by atoms with Crippen LogP contribution in [0.5, 0.6) is 0 Å². The summed E-state index contributed by atoms with van der Waals surface area (Å²) < 4.78 is 0. The van der Waals surface area contributed by atoms with Crippen molar-refractivity contribution in [2.45, 2.75) is 45.6 Å². The molecule has 2 N–H and O–H groups in total. The van der Waals surface area contributed by atoms with Crippen molar-refractivity contribution in [3.8, 4) is 0 Å². The summed E-state index contributed by atoms with van der Waals surface area (Å²) in [4.78, 5) is 16.9. The van der Waals surface area contributed by atoms with E-state index in [1.54, 1.807) is 0 Å². The summed E-state index contributed by atoms with van der Waals surface area (Å²) in [6.45, 7) is 11.3. The van der Waals surface area contributed by atoms with E-state index in [1.165, 1.54) is 13.1 Å². The van der Waals surface area contributed by atoms with Gasteiger partial charge in [0.1, 0.15) is 0 Å². The van der Waals surface area contributed by atoms with Crippen LogP contribution in [0.3, 0.4) is 0 Å². The summed E-state index contributed by atoms with van der Waals surface area (Å²) in [5, 5.41) is 10.3. The van der Waals surface area contributed by atoms with Crippen molar-refractivity contribution in [3.05, 3.63) is 21.6 Å². The average molecular weight is 319 g/mol. The van der Waals surface area contributed by atoms with Crippen LogP contribution < -0.4 is 10.9 Å². The average Bonchev–Trinajstić information content (AvgIpc) is 2.58. The maximum absolute atomic E-state index is 11.9. The molecule has 23 heavy (non-hydrogen) atoms. The Morgan fingerprint density at radius 2 is 2.00 bits per heavy atom. The highest BCUT2D eigenvalue weighted by molar-refractivity contribution is 5.55. The number of H-pyrrole nitrogens is 1. The monoisotopic (exact) mass is 319 g/mol. The lowest BCUT2D eigenvalue weighted by atomic mass is 10.0. The maximum atomic E-state index is 11.9. The molecule has 6 nitrogen and oxygen atoms in total. The van der Waals surface area contributed by atoms with Gasteiger partial charge in [-0.1, -0.05) is 0 Å². The molecule has 0 aromatic carbocycles. The number of anilines is 1. The topological polar surface area (TPSA) is 64.3 Å². The van der Waals surface area contributed by atoms with Crippen molar-refractivity contribution in [2.24, 2.45) is 0 Å². The number of aromatic amines is 1. The molecular weight excluding hydrogens is 290 g/mol. The van der Waals surface area contributed by atoms with Gasteiger partial charge >= 0.3 is 0 Å². The number of nitrogens with zero attached hydrogens (tertiary/aromatic N) is 3. The lowest BCUT2D eigenvalue weighted by Gasteiger charge is -2.36. The van der Waals surface area contributed by atoms with Crippen molar-refractivity contribution in [3.63, 3.8) is 0 Å². The fourth-order valence-corrected chi connectivity index (χ4v) is 3.61. The van der Waals surface area contributed by atoms with Crippen molar-refractivity contribution in [2.75, 3.05) is 44.6 Å². The standard InChI is InChI=1S/C17H29N5O/c1-13(2)22-11-9-21(10-12-22)8-4-6-15-16-14(5-3-7-18-16)17(23)20-19-15/h13,18H,3-12H2,1-2H3,(H,20,23). The number of hydrogen-bond donors (Lipinski definition) is 2. The Morgan fingerprint density at radius 3 is 2.74 bits per heavy atom. The molecule has 0 amide bonds. The first kappa shape index (κ1) is 16.5. The molecule has 6 heteroatoms. The minimum atomic E-state index is -0.0271. The summed E-state index contributed by atoms with van der Waals surface area (Å²) in [5.41, 5.74) is 2.90. The third-order valence-electron chi connectivity index (χ3n) is 5.09. The molecule has 1 saturated heterocycles. The molecule has 0 radical (unpaired) electrons. The van der Waals surface area contributed by atoms with Crippen molar-refractivity contribution >= 4 is 5.69 Å². The Labute approximate surface area is 138 Å². The van der Waals surface area contributed by atoms with E-state index in [0.717, 1.165) is 68.8 Å². The predicted molar refractivity (Wildman–Crippen MR) is 93.1 cm³/mol. The molecule has 0 bridgehead atoms. The molecule has 2 aliphatic rings. The van der Waals surface area contributed by atoms with Gasteiger partial charge in [-0.15, -0.1) is 0 Å². The molecule has 1 fully saturated rings. The molecule has 0 spiro atoms. The quantitative estimate of drug-likeness (QED) is 0.850. The molecule has 0 saturated carbocycles. The minimum Gasteiger partial charge on any atom is -0.383 e. The largest absolute Gasteiger partial charge is 0.383 e. The van der Waals surface area contributed by atoms with Gasteiger partial charge in [-0.25, -0.2) is 5.10 Å². The second-order valence-corrected chi connectivity index (χ2v) is 6.96. The van der Waals surface area contributed by atoms with Crippen LogP contribution in [-0.2, 0) is 12.8 Å². The van der Waals surface area contributed by atoms with E-state index >= 15 is 0 Å². The van der Waals surface area contributed by atoms with Crippen LogP contribution >= 0.6 is 0 Å². The third kappa shape index (κ3) is 3.93. The highest BCUT2D eigenvalue weighted by Crippen LogP contribution is 2.22. The number of piperazine rings is 1. The first-order chi connectivity index (χ1) is 11.1. The fourth-order valence-electron chi connectivity index (χ4n) is 3.61. The Balaban J connectivity index is 1.51. The van der Waals surface area contributed by atoms with E-state index in [-0.39, 0.29) is 5.56 Å². The predicted octanol–water partition coefficient (Wildman–Crippen LogP) is 1.09. The lowest BCUT2D eigenvalue weighted by molar-refractivity contribution is 0.108. The third-order valence-corrected chi connectivity index (χ3v) is 5.09. The highest BCUT2D eigenvalue weighted by atomic mass is 16.1. The zero-order chi connectivity index (χ0) is 16.2. The van der Waals surface area contributed by atoms with E-state index < -0.39 is 0 Å². The molecule has 3 heterocycles. The molecule has 0 aliphatic carbocycles. The summed E-state index contributed by atoms with van der Waals surface area (Å²) >= 11 is 0. The number of aryl methyl sites for hydroxylation is 1. The summed E-state index contributed by atoms with van der Waals surface area (Å²) in [6.07, 6.45) is 3.91. The molecule has 1 aromatic rings. The summed E-state index contributed by atoms with van der Waals surface area (Å²) in [6, 6.07) is 0.653. The second-order valence-electron chi connectivity index (χ2n) is 6.96. The number of hydrogen-bond acceptors (Lipinski definition) is 5. The number of rotatable bonds is 5. The van der Waals surface area contributed by atoms with Gasteiger partial charge in [0.15, 0.2) is 0 Å². The van der Waals surface area contributed by atoms with E-state index in [9.17, 15) is 4.79 Å². The summed E-state index contributed by atoms with van der Waals surface area (Å²) in [7, 11) is 0. The molecule has 128 valence electrons. The zero-order valence-electron chi connectivity index (χ0n) is 14.4. The lowest BCUT2D eigenvalue weighted by Crippen LogP contribution is -2.49. The second kappa shape index (κ2) is 7.45. The zero-order valence-corrected chi connectivity index (χ0v) is 14.4. The molecule has 1 aromatic heterocycles. The number of fused-ring (bicyclic) bond motifs is 1. The van der Waals surface area contributed by atoms with Gasteiger partial charge in [0, 0.05) is 44.3 Å². The number of nitrogens with one attached hydrogen (secondary N) is 2. The van der Waals surface area contributed by atoms with Gasteiger partial charge in [-0.05, 0) is 46.1 Å². The van der Waals surface area contributed by atoms with Gasteiger partial charge in [0.2, 0.25) is 0 Å². The Kier molecular flexibility index (Phi) is 5.33. The molecule has 2 aliphatic heterocycles. The van der Waals surface area contributed by atoms with Gasteiger partial charge in [-0.3, -0.25) is 9.69 Å². The first-order valence-corrected chi connectivity index (χ1v) is 8.96. The Bertz CT molecular complexity index is 575. The van der Waals surface area contributed by atoms with Gasteiger partial charge in [0.25, 0.3) is 5.56 Å². The minimum absolute atomic E-state index is 0.0271. The molecular formula is C17H29N5O. The van der Waals surface area contributed by atoms with E-state index in [2.05, 4.69) is 39.2 Å². The maximum Gasteiger partial charge on any atom is 0.269 e. The van der Waals surface area contributed by atoms with Crippen molar-refractivity contribution in [1.82, 2.24) is 20.0 Å². The van der Waals surface area contributed by atoms with E-state index in [4.69, 9.17) is 0 Å². The first-order valence-electron chi connectivity index (χ1n) is 8.96. The van der Waals surface area contributed by atoms with Crippen LogP contribution in [0.2, 0.25) is 0 Å². The van der Waals surface area contributed by atoms with E-state index in [1.807, 2.05) is 0 Å². The molecule has 3 rings (SSSR count). The highest BCUT2D eigenvalue weighted by Gasteiger charge is 2.20. The van der Waals surface area contributed by atoms with E-state index in [0.29, 0.717) is 6.04 Å². The van der Waals surface area contributed by atoms with Crippen molar-refractivity contribution in [1.29, 1.82) is 0 Å².